The van der Waals surface area contributed by atoms with E-state index in [1.54, 1.807) is 31.4 Å². The maximum absolute atomic E-state index is 16.0. The molecule has 11 nitrogen and oxygen atoms in total. The number of nitrogens with one attached hydrogen (secondary N) is 4. The van der Waals surface area contributed by atoms with Gasteiger partial charge in [0.15, 0.2) is 5.65 Å². The normalized spacial score (nSPS) is 14.1. The molecule has 14 heteroatoms. The maximum atomic E-state index is 16.0. The van der Waals surface area contributed by atoms with Crippen LogP contribution in [-0.4, -0.2) is 49.5 Å². The second-order valence-electron chi connectivity index (χ2n) is 9.90. The number of aromatic amines is 1. The first-order valence-corrected chi connectivity index (χ1v) is 14.5. The number of fused-ring (bicyclic) bond motifs is 2. The van der Waals surface area contributed by atoms with Crippen LogP contribution >= 0.6 is 11.8 Å². The van der Waals surface area contributed by atoms with Crippen molar-refractivity contribution in [2.45, 2.75) is 12.6 Å². The highest BCUT2D eigenvalue weighted by atomic mass is 32.2. The molecule has 1 aliphatic heterocycles. The number of aromatic nitrogens is 5. The minimum Gasteiger partial charge on any atom is -0.397 e. The lowest BCUT2D eigenvalue weighted by atomic mass is 9.93. The topological polar surface area (TPSA) is 164 Å². The Morgan fingerprint density at radius 3 is 2.70 bits per heavy atom. The van der Waals surface area contributed by atoms with Crippen molar-refractivity contribution in [3.63, 3.8) is 0 Å². The van der Waals surface area contributed by atoms with Crippen LogP contribution in [0.25, 0.3) is 39.1 Å². The van der Waals surface area contributed by atoms with E-state index in [1.807, 2.05) is 6.08 Å². The van der Waals surface area contributed by atoms with Crippen LogP contribution in [0.2, 0.25) is 0 Å². The number of anilines is 2. The van der Waals surface area contributed by atoms with E-state index in [0.29, 0.717) is 45.2 Å². The first kappa shape index (κ1) is 28.9. The van der Waals surface area contributed by atoms with Gasteiger partial charge in [0.2, 0.25) is 0 Å². The van der Waals surface area contributed by atoms with Crippen LogP contribution in [0.1, 0.15) is 22.9 Å². The van der Waals surface area contributed by atoms with E-state index in [1.165, 1.54) is 37.0 Å². The number of nitrogens with two attached hydrogens (primary N) is 1. The molecule has 0 saturated carbocycles. The quantitative estimate of drug-likeness (QED) is 0.176. The fourth-order valence-electron chi connectivity index (χ4n) is 5.13. The molecule has 0 bridgehead atoms. The number of carbonyl (C=O) groups excluding carboxylic acids is 2. The number of likely N-dealkylation sites (N-methyl/N-ethyl adjacent to an activating group) is 1. The summed E-state index contributed by atoms with van der Waals surface area (Å²) < 4.78 is 30.8. The Kier molecular flexibility index (Phi) is 7.76. The molecule has 0 spiro atoms. The molecule has 222 valence electrons. The van der Waals surface area contributed by atoms with E-state index in [9.17, 15) is 14.0 Å². The highest BCUT2D eigenvalue weighted by Gasteiger charge is 2.28. The Labute approximate surface area is 253 Å². The van der Waals surface area contributed by atoms with E-state index in [-0.39, 0.29) is 23.1 Å². The van der Waals surface area contributed by atoms with Gasteiger partial charge in [0.05, 0.1) is 34.2 Å². The van der Waals surface area contributed by atoms with Crippen LogP contribution < -0.4 is 21.7 Å². The maximum Gasteiger partial charge on any atom is 0.298 e. The number of thioether (sulfide) groups is 1. The van der Waals surface area contributed by atoms with Crippen molar-refractivity contribution in [3.05, 3.63) is 89.7 Å². The van der Waals surface area contributed by atoms with Crippen LogP contribution in [-0.2, 0) is 16.1 Å². The molecule has 1 aromatic carbocycles. The molecule has 0 saturated heterocycles. The predicted octanol–water partition coefficient (Wildman–Crippen LogP) is 4.18. The summed E-state index contributed by atoms with van der Waals surface area (Å²) in [6.07, 6.45) is 9.32. The van der Waals surface area contributed by atoms with Crippen LogP contribution in [0.4, 0.5) is 20.2 Å². The van der Waals surface area contributed by atoms with E-state index in [0.717, 1.165) is 17.3 Å². The molecular formula is C30H25F2N9O2S. The molecular weight excluding hydrogens is 588 g/mol. The van der Waals surface area contributed by atoms with Crippen molar-refractivity contribution in [1.82, 2.24) is 35.8 Å². The second-order valence-corrected chi connectivity index (χ2v) is 10.7. The van der Waals surface area contributed by atoms with Crippen molar-refractivity contribution in [2.75, 3.05) is 24.4 Å². The Bertz CT molecular complexity index is 1980. The van der Waals surface area contributed by atoms with Crippen LogP contribution in [0.15, 0.2) is 61.2 Å². The molecule has 5 heterocycles. The van der Waals surface area contributed by atoms with Crippen LogP contribution in [0, 0.1) is 11.6 Å². The lowest BCUT2D eigenvalue weighted by Gasteiger charge is -2.27. The second kappa shape index (κ2) is 11.8. The molecule has 6 rings (SSSR count). The first-order chi connectivity index (χ1) is 21.3. The van der Waals surface area contributed by atoms with E-state index in [2.05, 4.69) is 41.1 Å². The number of pyridine rings is 3. The summed E-state index contributed by atoms with van der Waals surface area (Å²) in [4.78, 5) is 36.5. The summed E-state index contributed by atoms with van der Waals surface area (Å²) in [5.41, 5.74) is 10.9. The largest absolute Gasteiger partial charge is 0.397 e. The molecule has 1 unspecified atom stereocenters. The van der Waals surface area contributed by atoms with Crippen molar-refractivity contribution in [2.24, 2.45) is 0 Å². The minimum absolute atomic E-state index is 0.0389. The number of hydrogen-bond donors (Lipinski definition) is 5. The molecule has 0 fully saturated rings. The van der Waals surface area contributed by atoms with Gasteiger partial charge in [0, 0.05) is 59.3 Å². The zero-order valence-corrected chi connectivity index (χ0v) is 24.2. The van der Waals surface area contributed by atoms with Gasteiger partial charge in [-0.25, -0.2) is 13.8 Å². The van der Waals surface area contributed by atoms with Crippen molar-refractivity contribution in [3.8, 4) is 22.4 Å². The Hall–Kier alpha value is -5.21. The van der Waals surface area contributed by atoms with Crippen molar-refractivity contribution in [1.29, 1.82) is 0 Å². The van der Waals surface area contributed by atoms with E-state index >= 15 is 4.39 Å². The van der Waals surface area contributed by atoms with Gasteiger partial charge in [-0.2, -0.15) is 5.10 Å². The average molecular weight is 614 g/mol. The van der Waals surface area contributed by atoms with Crippen molar-refractivity contribution < 1.29 is 18.4 Å². The zero-order valence-electron chi connectivity index (χ0n) is 23.4. The number of nitrogens with zero attached hydrogens (tertiary/aromatic N) is 4. The summed E-state index contributed by atoms with van der Waals surface area (Å²) in [5.74, 6) is -1.82. The lowest BCUT2D eigenvalue weighted by Crippen LogP contribution is -2.28. The third kappa shape index (κ3) is 5.36. The highest BCUT2D eigenvalue weighted by molar-refractivity contribution is 8.14. The number of halogens is 2. The van der Waals surface area contributed by atoms with Crippen molar-refractivity contribution >= 4 is 50.9 Å². The van der Waals surface area contributed by atoms with Gasteiger partial charge < -0.3 is 21.7 Å². The lowest BCUT2D eigenvalue weighted by molar-refractivity contribution is -0.133. The summed E-state index contributed by atoms with van der Waals surface area (Å²) >= 11 is 0.798. The molecule has 1 aliphatic rings. The monoisotopic (exact) mass is 613 g/mol. The Balaban J connectivity index is 1.38. The van der Waals surface area contributed by atoms with Gasteiger partial charge >= 0.3 is 0 Å². The molecule has 6 N–H and O–H groups in total. The number of amides is 1. The minimum atomic E-state index is -0.759. The predicted molar refractivity (Wildman–Crippen MR) is 165 cm³/mol. The molecule has 1 amide bonds. The van der Waals surface area contributed by atoms with Gasteiger partial charge in [-0.3, -0.25) is 24.7 Å². The summed E-state index contributed by atoms with van der Waals surface area (Å²) in [6.45, 7) is -0.0389. The third-order valence-electron chi connectivity index (χ3n) is 7.13. The zero-order chi connectivity index (χ0) is 31.0. The van der Waals surface area contributed by atoms with Gasteiger partial charge in [-0.15, -0.1) is 0 Å². The summed E-state index contributed by atoms with van der Waals surface area (Å²) in [7, 11) is 1.76. The third-order valence-corrected chi connectivity index (χ3v) is 7.68. The van der Waals surface area contributed by atoms with Crippen LogP contribution in [0.5, 0.6) is 0 Å². The molecule has 1 atom stereocenters. The smallest absolute Gasteiger partial charge is 0.298 e. The first-order valence-electron chi connectivity index (χ1n) is 13.3. The number of hydrogen-bond acceptors (Lipinski definition) is 10. The summed E-state index contributed by atoms with van der Waals surface area (Å²) in [6, 6.07) is 7.30. The highest BCUT2D eigenvalue weighted by Crippen LogP contribution is 2.41. The SMILES string of the molecule is CNC1C=C(c2[nH]nc3ncc(-c4cncc(N)c4)c(F)c23)Nc2ccnc(-c3cc(F)cc(CNC(=O)C(=O)SC)c3)c21. The molecule has 44 heavy (non-hydrogen) atoms. The number of nitrogen functional groups attached to an aromatic ring is 1. The summed E-state index contributed by atoms with van der Waals surface area (Å²) in [5, 5.41) is 15.8. The Morgan fingerprint density at radius 1 is 1.09 bits per heavy atom. The van der Waals surface area contributed by atoms with Crippen LogP contribution in [0.3, 0.4) is 0 Å². The molecule has 0 radical (unpaired) electrons. The fourth-order valence-corrected chi connectivity index (χ4v) is 5.38. The van der Waals surface area contributed by atoms with E-state index in [4.69, 9.17) is 5.73 Å². The molecule has 4 aromatic heterocycles. The van der Waals surface area contributed by atoms with Gasteiger partial charge in [-0.05, 0) is 55.3 Å². The van der Waals surface area contributed by atoms with Gasteiger partial charge in [0.1, 0.15) is 11.6 Å². The number of rotatable bonds is 6. The number of benzene rings is 1. The van der Waals surface area contributed by atoms with E-state index < -0.39 is 28.7 Å². The fraction of sp³-hybridized carbons (Fsp3) is 0.133. The molecule has 5 aromatic rings. The van der Waals surface area contributed by atoms with Gasteiger partial charge in [0.25, 0.3) is 11.0 Å². The number of H-pyrrole nitrogens is 1. The molecule has 0 aliphatic carbocycles. The standard InChI is InChI=1S/C30H25F2N9O2S/c1-34-21-9-22(27-24-25(32)19(13-37-28(24)41-40-27)16-8-18(33)12-35-11-16)39-20-3-4-36-26(23(20)21)15-5-14(6-17(31)7-15)10-38-29(42)30(43)44-2/h3-9,11-13,21,34,39H,10,33H2,1-2H3,(H,38,42)(H,37,40,41). The van der Waals surface area contributed by atoms with Gasteiger partial charge in [-0.1, -0.05) is 11.8 Å². The Morgan fingerprint density at radius 2 is 1.93 bits per heavy atom. The number of carbonyl (C=O) groups is 2. The average Bonchev–Trinajstić information content (AvgIpc) is 3.47.